The number of fused-ring (bicyclic) bond motifs is 1. The van der Waals surface area contributed by atoms with Crippen molar-refractivity contribution in [2.75, 3.05) is 6.54 Å². The molecule has 5 heteroatoms. The second-order valence-corrected chi connectivity index (χ2v) is 5.31. The fourth-order valence-electron chi connectivity index (χ4n) is 2.97. The second kappa shape index (κ2) is 5.35. The minimum absolute atomic E-state index is 0.0185. The Hall–Kier alpha value is -1.33. The number of hydrogen-bond acceptors (Lipinski definition) is 4. The molecule has 19 heavy (non-hydrogen) atoms. The van der Waals surface area contributed by atoms with Gasteiger partial charge >= 0.3 is 0 Å². The zero-order valence-electron chi connectivity index (χ0n) is 10.9. The summed E-state index contributed by atoms with van der Waals surface area (Å²) in [6, 6.07) is 2.02. The Bertz CT molecular complexity index is 457. The number of hydrogen-bond donors (Lipinski definition) is 2. The molecule has 1 aromatic rings. The Morgan fingerprint density at radius 3 is 3.11 bits per heavy atom. The van der Waals surface area contributed by atoms with Crippen molar-refractivity contribution in [1.29, 1.82) is 0 Å². The number of ether oxygens (including phenoxy) is 1. The smallest absolute Gasteiger partial charge is 0.249 e. The van der Waals surface area contributed by atoms with Crippen molar-refractivity contribution in [2.24, 2.45) is 5.73 Å². The molecule has 0 saturated carbocycles. The normalized spacial score (nSPS) is 30.1. The quantitative estimate of drug-likeness (QED) is 0.862. The summed E-state index contributed by atoms with van der Waals surface area (Å²) in [7, 11) is 0. The fraction of sp³-hybridized carbons (Fsp3) is 0.643. The van der Waals surface area contributed by atoms with Gasteiger partial charge in [-0.3, -0.25) is 4.79 Å². The van der Waals surface area contributed by atoms with E-state index in [0.29, 0.717) is 6.54 Å². The minimum Gasteiger partial charge on any atom is -0.469 e. The molecule has 1 amide bonds. The van der Waals surface area contributed by atoms with Gasteiger partial charge in [-0.05, 0) is 31.7 Å². The molecule has 1 aromatic heterocycles. The van der Waals surface area contributed by atoms with Gasteiger partial charge in [0.05, 0.1) is 18.4 Å². The van der Waals surface area contributed by atoms with Crippen molar-refractivity contribution in [3.8, 4) is 0 Å². The number of aryl methyl sites for hydroxylation is 1. The van der Waals surface area contributed by atoms with Crippen LogP contribution in [0.3, 0.4) is 0 Å². The van der Waals surface area contributed by atoms with E-state index in [2.05, 4.69) is 5.32 Å². The van der Waals surface area contributed by atoms with Gasteiger partial charge in [-0.15, -0.1) is 0 Å². The van der Waals surface area contributed by atoms with Gasteiger partial charge in [0, 0.05) is 18.5 Å². The lowest BCUT2D eigenvalue weighted by molar-refractivity contribution is -0.132. The summed E-state index contributed by atoms with van der Waals surface area (Å²) in [6.07, 6.45) is 6.00. The molecule has 0 aromatic carbocycles. The predicted octanol–water partition coefficient (Wildman–Crippen LogP) is 1.28. The second-order valence-electron chi connectivity index (χ2n) is 5.31. The summed E-state index contributed by atoms with van der Waals surface area (Å²) in [5.41, 5.74) is 6.68. The third kappa shape index (κ3) is 2.53. The topological polar surface area (TPSA) is 77.5 Å². The van der Waals surface area contributed by atoms with Gasteiger partial charge in [0.25, 0.3) is 0 Å². The number of carbonyl (C=O) groups excluding carboxylic acids is 1. The molecule has 1 saturated heterocycles. The van der Waals surface area contributed by atoms with E-state index in [1.165, 1.54) is 0 Å². The average Bonchev–Trinajstić information content (AvgIpc) is 3.08. The van der Waals surface area contributed by atoms with Gasteiger partial charge in [-0.1, -0.05) is 0 Å². The lowest BCUT2D eigenvalue weighted by Crippen LogP contribution is -2.38. The number of amides is 1. The summed E-state index contributed by atoms with van der Waals surface area (Å²) < 4.78 is 11.1. The van der Waals surface area contributed by atoms with Crippen LogP contribution in [0.2, 0.25) is 0 Å². The first-order valence-corrected chi connectivity index (χ1v) is 7.00. The van der Waals surface area contributed by atoms with E-state index in [-0.39, 0.29) is 24.2 Å². The molecule has 2 aliphatic rings. The fourth-order valence-corrected chi connectivity index (χ4v) is 2.97. The molecular formula is C14H20N2O3. The van der Waals surface area contributed by atoms with Crippen LogP contribution in [0, 0.1) is 0 Å². The van der Waals surface area contributed by atoms with Crippen molar-refractivity contribution in [1.82, 2.24) is 5.32 Å². The van der Waals surface area contributed by atoms with Crippen molar-refractivity contribution >= 4 is 5.91 Å². The zero-order valence-corrected chi connectivity index (χ0v) is 10.9. The van der Waals surface area contributed by atoms with Crippen LogP contribution in [0.15, 0.2) is 16.7 Å². The summed E-state index contributed by atoms with van der Waals surface area (Å²) in [6.45, 7) is 0.485. The molecule has 0 bridgehead atoms. The van der Waals surface area contributed by atoms with E-state index in [1.807, 2.05) is 6.07 Å². The number of nitrogens with two attached hydrogens (primary N) is 1. The molecule has 3 atom stereocenters. The van der Waals surface area contributed by atoms with Crippen LogP contribution in [0.25, 0.3) is 0 Å². The van der Waals surface area contributed by atoms with Crippen LogP contribution in [-0.2, 0) is 16.0 Å². The van der Waals surface area contributed by atoms with E-state index in [1.54, 1.807) is 6.26 Å². The maximum absolute atomic E-state index is 12.2. The molecule has 0 spiro atoms. The lowest BCUT2D eigenvalue weighted by Gasteiger charge is -2.24. The summed E-state index contributed by atoms with van der Waals surface area (Å²) >= 11 is 0. The standard InChI is InChI=1S/C14H20N2O3/c15-8-9-4-5-13(19-9)14(17)16-11-2-1-3-12-10(11)6-7-18-12/h6-7,9,11,13H,1-5,8,15H2,(H,16,17). The highest BCUT2D eigenvalue weighted by Gasteiger charge is 2.32. The Labute approximate surface area is 112 Å². The molecule has 0 radical (unpaired) electrons. The van der Waals surface area contributed by atoms with Crippen LogP contribution in [0.1, 0.15) is 43.0 Å². The Morgan fingerprint density at radius 1 is 1.42 bits per heavy atom. The largest absolute Gasteiger partial charge is 0.469 e. The molecule has 1 aliphatic carbocycles. The first kappa shape index (κ1) is 12.7. The number of carbonyl (C=O) groups is 1. The molecule has 1 aliphatic heterocycles. The lowest BCUT2D eigenvalue weighted by atomic mass is 9.93. The van der Waals surface area contributed by atoms with Gasteiger partial charge in [-0.25, -0.2) is 0 Å². The van der Waals surface area contributed by atoms with Crippen LogP contribution in [0.4, 0.5) is 0 Å². The van der Waals surface area contributed by atoms with E-state index >= 15 is 0 Å². The predicted molar refractivity (Wildman–Crippen MR) is 69.5 cm³/mol. The monoisotopic (exact) mass is 264 g/mol. The Kier molecular flexibility index (Phi) is 3.57. The maximum Gasteiger partial charge on any atom is 0.249 e. The van der Waals surface area contributed by atoms with Crippen molar-refractivity contribution in [3.05, 3.63) is 23.7 Å². The molecule has 104 valence electrons. The molecule has 5 nitrogen and oxygen atoms in total. The Morgan fingerprint density at radius 2 is 2.32 bits per heavy atom. The van der Waals surface area contributed by atoms with Crippen molar-refractivity contribution < 1.29 is 13.9 Å². The Balaban J connectivity index is 1.62. The van der Waals surface area contributed by atoms with E-state index in [9.17, 15) is 4.79 Å². The minimum atomic E-state index is -0.342. The molecular weight excluding hydrogens is 244 g/mol. The maximum atomic E-state index is 12.2. The van der Waals surface area contributed by atoms with Gasteiger partial charge in [0.2, 0.25) is 5.91 Å². The number of furan rings is 1. The molecule has 2 heterocycles. The average molecular weight is 264 g/mol. The summed E-state index contributed by atoms with van der Waals surface area (Å²) in [4.78, 5) is 12.2. The van der Waals surface area contributed by atoms with Crippen LogP contribution < -0.4 is 11.1 Å². The molecule has 1 fully saturated rings. The van der Waals surface area contributed by atoms with Crippen LogP contribution >= 0.6 is 0 Å². The van der Waals surface area contributed by atoms with Gasteiger partial charge < -0.3 is 20.2 Å². The number of nitrogens with one attached hydrogen (secondary N) is 1. The molecule has 3 unspecified atom stereocenters. The van der Waals surface area contributed by atoms with Crippen molar-refractivity contribution in [2.45, 2.75) is 50.4 Å². The molecule has 3 rings (SSSR count). The highest BCUT2D eigenvalue weighted by atomic mass is 16.5. The van der Waals surface area contributed by atoms with E-state index in [4.69, 9.17) is 14.9 Å². The first-order chi connectivity index (χ1) is 9.28. The summed E-state index contributed by atoms with van der Waals surface area (Å²) in [5.74, 6) is 0.985. The molecule has 3 N–H and O–H groups in total. The highest BCUT2D eigenvalue weighted by Crippen LogP contribution is 2.31. The van der Waals surface area contributed by atoms with E-state index < -0.39 is 0 Å². The third-order valence-electron chi connectivity index (χ3n) is 4.03. The van der Waals surface area contributed by atoms with Gasteiger partial charge in [0.1, 0.15) is 11.9 Å². The SMILES string of the molecule is NCC1CCC(C(=O)NC2CCCc3occc32)O1. The van der Waals surface area contributed by atoms with Gasteiger partial charge in [0.15, 0.2) is 0 Å². The third-order valence-corrected chi connectivity index (χ3v) is 4.03. The van der Waals surface area contributed by atoms with Crippen LogP contribution in [-0.4, -0.2) is 24.7 Å². The summed E-state index contributed by atoms with van der Waals surface area (Å²) in [5, 5.41) is 3.08. The van der Waals surface area contributed by atoms with Crippen molar-refractivity contribution in [3.63, 3.8) is 0 Å². The van der Waals surface area contributed by atoms with E-state index in [0.717, 1.165) is 43.4 Å². The van der Waals surface area contributed by atoms with Gasteiger partial charge in [-0.2, -0.15) is 0 Å². The first-order valence-electron chi connectivity index (χ1n) is 7.00. The highest BCUT2D eigenvalue weighted by molar-refractivity contribution is 5.81. The zero-order chi connectivity index (χ0) is 13.2. The van der Waals surface area contributed by atoms with Crippen LogP contribution in [0.5, 0.6) is 0 Å². The number of rotatable bonds is 3.